The van der Waals surface area contributed by atoms with Crippen LogP contribution in [0.1, 0.15) is 37.1 Å². The number of aryl methyl sites for hydroxylation is 2. The van der Waals surface area contributed by atoms with E-state index in [1.54, 1.807) is 37.6 Å². The zero-order valence-corrected chi connectivity index (χ0v) is 17.0. The first kappa shape index (κ1) is 20.2. The minimum Gasteiger partial charge on any atom is -0.387 e. The van der Waals surface area contributed by atoms with Crippen molar-refractivity contribution in [2.45, 2.75) is 39.0 Å². The molecule has 1 saturated carbocycles. The van der Waals surface area contributed by atoms with Crippen molar-refractivity contribution in [2.75, 3.05) is 5.32 Å². The van der Waals surface area contributed by atoms with E-state index in [4.69, 9.17) is 0 Å². The van der Waals surface area contributed by atoms with Crippen molar-refractivity contribution in [1.82, 2.24) is 14.5 Å². The number of alkyl halides is 1. The third-order valence-corrected chi connectivity index (χ3v) is 5.56. The average Bonchev–Trinajstić information content (AvgIpc) is 3.47. The van der Waals surface area contributed by atoms with Gasteiger partial charge in [-0.05, 0) is 37.5 Å². The van der Waals surface area contributed by atoms with Crippen LogP contribution >= 0.6 is 0 Å². The molecule has 3 aromatic rings. The molecule has 1 aliphatic rings. The van der Waals surface area contributed by atoms with Crippen molar-refractivity contribution in [3.05, 3.63) is 52.2 Å². The van der Waals surface area contributed by atoms with Crippen LogP contribution in [0.4, 0.5) is 10.2 Å². The van der Waals surface area contributed by atoms with Gasteiger partial charge in [0.1, 0.15) is 12.0 Å². The molecule has 8 heteroatoms. The van der Waals surface area contributed by atoms with Crippen LogP contribution in [0.3, 0.4) is 0 Å². The Hall–Kier alpha value is -3.13. The Morgan fingerprint density at radius 1 is 1.30 bits per heavy atom. The SMILES string of the molecule is CC[C@@H](O)c1cc(C)c(-c2cc3cnc(NC(=O)[C@@H]4C[C@@H]4F)cc3n(C)c2=O)cn1. The number of aliphatic hydroxyl groups is 1. The number of hydrogen-bond donors (Lipinski definition) is 2. The Labute approximate surface area is 172 Å². The van der Waals surface area contributed by atoms with Crippen molar-refractivity contribution >= 4 is 22.6 Å². The zero-order chi connectivity index (χ0) is 21.6. The maximum absolute atomic E-state index is 13.1. The predicted octanol–water partition coefficient (Wildman–Crippen LogP) is 3.04. The fourth-order valence-electron chi connectivity index (χ4n) is 3.53. The fraction of sp³-hybridized carbons (Fsp3) is 0.364. The average molecular weight is 410 g/mol. The third-order valence-electron chi connectivity index (χ3n) is 5.56. The lowest BCUT2D eigenvalue weighted by Crippen LogP contribution is -2.20. The lowest BCUT2D eigenvalue weighted by Gasteiger charge is -2.14. The van der Waals surface area contributed by atoms with Gasteiger partial charge in [-0.2, -0.15) is 0 Å². The molecule has 30 heavy (non-hydrogen) atoms. The quantitative estimate of drug-likeness (QED) is 0.674. The summed E-state index contributed by atoms with van der Waals surface area (Å²) in [7, 11) is 1.65. The van der Waals surface area contributed by atoms with Gasteiger partial charge in [0.15, 0.2) is 0 Å². The van der Waals surface area contributed by atoms with Crippen molar-refractivity contribution in [2.24, 2.45) is 13.0 Å². The second-order valence-corrected chi connectivity index (χ2v) is 7.75. The summed E-state index contributed by atoms with van der Waals surface area (Å²) in [4.78, 5) is 33.6. The van der Waals surface area contributed by atoms with Crippen LogP contribution in [0.5, 0.6) is 0 Å². The molecule has 3 atom stereocenters. The Bertz CT molecular complexity index is 1210. The summed E-state index contributed by atoms with van der Waals surface area (Å²) in [6, 6.07) is 5.15. The number of carbonyl (C=O) groups excluding carboxylic acids is 1. The Morgan fingerprint density at radius 3 is 2.67 bits per heavy atom. The molecule has 3 heterocycles. The highest BCUT2D eigenvalue weighted by Gasteiger charge is 2.43. The fourth-order valence-corrected chi connectivity index (χ4v) is 3.53. The van der Waals surface area contributed by atoms with Gasteiger partial charge in [0.05, 0.1) is 23.2 Å². The summed E-state index contributed by atoms with van der Waals surface area (Å²) >= 11 is 0. The molecule has 156 valence electrons. The zero-order valence-electron chi connectivity index (χ0n) is 17.0. The largest absolute Gasteiger partial charge is 0.387 e. The summed E-state index contributed by atoms with van der Waals surface area (Å²) in [5, 5.41) is 13.3. The molecular weight excluding hydrogens is 387 g/mol. The molecule has 3 aromatic heterocycles. The Balaban J connectivity index is 1.72. The van der Waals surface area contributed by atoms with E-state index in [1.165, 1.54) is 4.57 Å². The minimum absolute atomic E-state index is 0.217. The van der Waals surface area contributed by atoms with Crippen molar-refractivity contribution in [1.29, 1.82) is 0 Å². The second kappa shape index (κ2) is 7.60. The molecule has 1 aliphatic carbocycles. The maximum atomic E-state index is 13.1. The molecule has 0 unspecified atom stereocenters. The minimum atomic E-state index is -1.08. The first-order valence-corrected chi connectivity index (χ1v) is 9.89. The number of halogens is 1. The van der Waals surface area contributed by atoms with Gasteiger partial charge in [0, 0.05) is 42.0 Å². The second-order valence-electron chi connectivity index (χ2n) is 7.75. The number of aliphatic hydroxyl groups excluding tert-OH is 1. The maximum Gasteiger partial charge on any atom is 0.258 e. The van der Waals surface area contributed by atoms with Gasteiger partial charge in [0.2, 0.25) is 5.91 Å². The summed E-state index contributed by atoms with van der Waals surface area (Å²) in [6.45, 7) is 3.75. The van der Waals surface area contributed by atoms with E-state index in [2.05, 4.69) is 15.3 Å². The molecule has 1 amide bonds. The van der Waals surface area contributed by atoms with Crippen molar-refractivity contribution in [3.63, 3.8) is 0 Å². The van der Waals surface area contributed by atoms with Gasteiger partial charge in [-0.3, -0.25) is 14.6 Å². The number of anilines is 1. The molecule has 1 fully saturated rings. The van der Waals surface area contributed by atoms with Gasteiger partial charge >= 0.3 is 0 Å². The van der Waals surface area contributed by atoms with Crippen LogP contribution in [0.15, 0.2) is 35.4 Å². The molecule has 2 N–H and O–H groups in total. The van der Waals surface area contributed by atoms with Gasteiger partial charge in [-0.25, -0.2) is 9.37 Å². The van der Waals surface area contributed by atoms with E-state index in [-0.39, 0.29) is 17.8 Å². The molecule has 0 aromatic carbocycles. The third kappa shape index (κ3) is 3.59. The van der Waals surface area contributed by atoms with Gasteiger partial charge < -0.3 is 15.0 Å². The number of fused-ring (bicyclic) bond motifs is 1. The predicted molar refractivity (Wildman–Crippen MR) is 112 cm³/mol. The molecule has 0 aliphatic heterocycles. The van der Waals surface area contributed by atoms with Crippen molar-refractivity contribution < 1.29 is 14.3 Å². The topological polar surface area (TPSA) is 97.1 Å². The molecular formula is C22H23FN4O3. The van der Waals surface area contributed by atoms with E-state index in [0.717, 1.165) is 10.9 Å². The van der Waals surface area contributed by atoms with E-state index < -0.39 is 24.1 Å². The monoisotopic (exact) mass is 410 g/mol. The number of nitrogens with zero attached hydrogens (tertiary/aromatic N) is 3. The van der Waals surface area contributed by atoms with Gasteiger partial charge in [-0.15, -0.1) is 0 Å². The summed E-state index contributed by atoms with van der Waals surface area (Å²) in [5.41, 5.74) is 2.96. The van der Waals surface area contributed by atoms with Crippen LogP contribution < -0.4 is 10.9 Å². The first-order chi connectivity index (χ1) is 14.3. The van der Waals surface area contributed by atoms with Crippen LogP contribution in [-0.4, -0.2) is 31.7 Å². The number of aromatic nitrogens is 3. The molecule has 0 radical (unpaired) electrons. The van der Waals surface area contributed by atoms with E-state index in [9.17, 15) is 19.1 Å². The van der Waals surface area contributed by atoms with Crippen LogP contribution in [0.25, 0.3) is 22.0 Å². The number of carbonyl (C=O) groups is 1. The Morgan fingerprint density at radius 2 is 2.03 bits per heavy atom. The van der Waals surface area contributed by atoms with E-state index >= 15 is 0 Å². The van der Waals surface area contributed by atoms with Crippen molar-refractivity contribution in [3.8, 4) is 11.1 Å². The number of rotatable bonds is 5. The van der Waals surface area contributed by atoms with Gasteiger partial charge in [0.25, 0.3) is 5.56 Å². The smallest absolute Gasteiger partial charge is 0.258 e. The van der Waals surface area contributed by atoms with Crippen LogP contribution in [0, 0.1) is 12.8 Å². The molecule has 0 spiro atoms. The van der Waals surface area contributed by atoms with Crippen LogP contribution in [-0.2, 0) is 11.8 Å². The standard InChI is InChI=1S/C22H23FN4O3/c1-4-19(28)17-5-11(2)15(10-24-17)13-6-12-9-25-20(8-18(12)27(3)22(13)30)26-21(29)14-7-16(14)23/h5-6,8-10,14,16,19,28H,4,7H2,1-3H3,(H,25,26,29)/t14-,16+,19-/m1/s1. The van der Waals surface area contributed by atoms with E-state index in [0.29, 0.717) is 28.8 Å². The summed E-state index contributed by atoms with van der Waals surface area (Å²) < 4.78 is 14.6. The highest BCUT2D eigenvalue weighted by Crippen LogP contribution is 2.34. The number of hydrogen-bond acceptors (Lipinski definition) is 5. The normalized spacial score (nSPS) is 19.0. The number of nitrogens with one attached hydrogen (secondary N) is 1. The lowest BCUT2D eigenvalue weighted by atomic mass is 10.0. The first-order valence-electron chi connectivity index (χ1n) is 9.89. The molecule has 0 saturated heterocycles. The van der Waals surface area contributed by atoms with E-state index in [1.807, 2.05) is 13.8 Å². The summed E-state index contributed by atoms with van der Waals surface area (Å²) in [5.74, 6) is -0.726. The molecule has 4 rings (SSSR count). The molecule has 7 nitrogen and oxygen atoms in total. The summed E-state index contributed by atoms with van der Waals surface area (Å²) in [6.07, 6.45) is 2.25. The highest BCUT2D eigenvalue weighted by molar-refractivity contribution is 5.95. The number of pyridine rings is 3. The van der Waals surface area contributed by atoms with Crippen LogP contribution in [0.2, 0.25) is 0 Å². The highest BCUT2D eigenvalue weighted by atomic mass is 19.1. The molecule has 0 bridgehead atoms. The Kier molecular flexibility index (Phi) is 5.11. The van der Waals surface area contributed by atoms with Gasteiger partial charge in [-0.1, -0.05) is 6.92 Å². The number of amides is 1. The lowest BCUT2D eigenvalue weighted by molar-refractivity contribution is -0.117.